The van der Waals surface area contributed by atoms with Crippen molar-refractivity contribution in [3.63, 3.8) is 0 Å². The first kappa shape index (κ1) is 24.9. The molecule has 4 aliphatic heterocycles. The van der Waals surface area contributed by atoms with Crippen LogP contribution in [0, 0.1) is 11.8 Å². The Bertz CT molecular complexity index is 370. The molecule has 0 atom stereocenters. The molecule has 0 spiro atoms. The summed E-state index contributed by atoms with van der Waals surface area (Å²) in [7, 11) is 0. The Morgan fingerprint density at radius 2 is 0.654 bits per heavy atom. The molecule has 4 nitrogen and oxygen atoms in total. The van der Waals surface area contributed by atoms with E-state index in [0.717, 1.165) is 11.8 Å². The zero-order valence-corrected chi connectivity index (χ0v) is 19.4. The maximum absolute atomic E-state index is 4.71. The molecule has 0 N–H and O–H groups in total. The molecule has 0 aromatic carbocycles. The van der Waals surface area contributed by atoms with Crippen molar-refractivity contribution in [2.75, 3.05) is 0 Å². The van der Waals surface area contributed by atoms with E-state index in [4.69, 9.17) is 21.3 Å². The number of hydrogen-bond acceptors (Lipinski definition) is 0. The molecule has 26 heavy (non-hydrogen) atoms. The van der Waals surface area contributed by atoms with Crippen LogP contribution in [0.1, 0.15) is 81.1 Å². The first-order chi connectivity index (χ1) is 10.8. The van der Waals surface area contributed by atoms with Crippen molar-refractivity contribution in [3.05, 3.63) is 21.3 Å². The van der Waals surface area contributed by atoms with Crippen molar-refractivity contribution in [2.45, 2.75) is 116 Å². The summed E-state index contributed by atoms with van der Waals surface area (Å²) in [5.41, 5.74) is 0.759. The van der Waals surface area contributed by atoms with Crippen LogP contribution >= 0.6 is 0 Å². The van der Waals surface area contributed by atoms with Gasteiger partial charge in [0, 0.05) is 0 Å². The Kier molecular flexibility index (Phi) is 7.62. The molecule has 0 saturated carbocycles. The van der Waals surface area contributed by atoms with E-state index in [-0.39, 0.29) is 56.3 Å². The van der Waals surface area contributed by atoms with E-state index in [9.17, 15) is 0 Å². The third kappa shape index (κ3) is 5.94. The zero-order chi connectivity index (χ0) is 18.0. The molecule has 4 rings (SSSR count). The Hall–Kier alpha value is 0.879. The van der Waals surface area contributed by atoms with E-state index >= 15 is 0 Å². The molecule has 0 bridgehead atoms. The summed E-state index contributed by atoms with van der Waals surface area (Å²) in [6.45, 7) is 17.7. The summed E-state index contributed by atoms with van der Waals surface area (Å²) >= 11 is 0. The first-order valence-corrected chi connectivity index (χ1v) is 9.64. The number of rotatable bonds is 0. The molecule has 158 valence electrons. The van der Waals surface area contributed by atoms with Crippen molar-refractivity contribution < 1.29 is 34.1 Å². The standard InChI is InChI=1S/2C10H18N2.2Cu/c2*1-9(2)5-7-6-10(3,4)12-8(7)11-9;;/h2*7-8H,5-6H2,1-4H3;;/q2*-2;2*+2. The van der Waals surface area contributed by atoms with Gasteiger partial charge in [-0.2, -0.15) is 0 Å². The molecule has 6 heteroatoms. The van der Waals surface area contributed by atoms with Crippen LogP contribution in [0.3, 0.4) is 0 Å². The van der Waals surface area contributed by atoms with E-state index in [1.54, 1.807) is 0 Å². The third-order valence-corrected chi connectivity index (χ3v) is 5.82. The molecule has 0 aromatic rings. The van der Waals surface area contributed by atoms with Gasteiger partial charge in [-0.05, 0) is 0 Å². The van der Waals surface area contributed by atoms with Gasteiger partial charge in [-0.1, -0.05) is 92.9 Å². The van der Waals surface area contributed by atoms with Gasteiger partial charge in [0.2, 0.25) is 0 Å². The summed E-state index contributed by atoms with van der Waals surface area (Å²) < 4.78 is 0. The predicted octanol–water partition coefficient (Wildman–Crippen LogP) is 6.08. The Labute approximate surface area is 182 Å². The second-order valence-electron chi connectivity index (χ2n) is 10.9. The fourth-order valence-electron chi connectivity index (χ4n) is 5.25. The van der Waals surface area contributed by atoms with Crippen LogP contribution < -0.4 is 0 Å². The summed E-state index contributed by atoms with van der Waals surface area (Å²) in [6, 6.07) is 0. The maximum atomic E-state index is 4.71. The topological polar surface area (TPSA) is 56.4 Å². The van der Waals surface area contributed by atoms with Gasteiger partial charge in [0.05, 0.1) is 0 Å². The van der Waals surface area contributed by atoms with Crippen LogP contribution in [0.2, 0.25) is 0 Å². The van der Waals surface area contributed by atoms with Crippen LogP contribution in [0.4, 0.5) is 0 Å². The smallest absolute Gasteiger partial charge is 0.673 e. The van der Waals surface area contributed by atoms with Crippen LogP contribution in [0.15, 0.2) is 0 Å². The average molecular weight is 460 g/mol. The van der Waals surface area contributed by atoms with Gasteiger partial charge in [0.25, 0.3) is 0 Å². The minimum atomic E-state index is 0. The van der Waals surface area contributed by atoms with Crippen molar-refractivity contribution in [1.82, 2.24) is 0 Å². The molecule has 0 aromatic heterocycles. The maximum Gasteiger partial charge on any atom is 2.00 e. The van der Waals surface area contributed by atoms with Crippen LogP contribution in [-0.4, -0.2) is 34.5 Å². The molecule has 4 aliphatic rings. The number of hydrogen-bond donors (Lipinski definition) is 0. The summed E-state index contributed by atoms with van der Waals surface area (Å²) in [4.78, 5) is 0. The third-order valence-electron chi connectivity index (χ3n) is 5.82. The molecule has 4 saturated heterocycles. The molecule has 4 heterocycles. The van der Waals surface area contributed by atoms with E-state index < -0.39 is 0 Å². The van der Waals surface area contributed by atoms with Crippen LogP contribution in [0.5, 0.6) is 0 Å². The Balaban J connectivity index is 0.000000241. The fourth-order valence-corrected chi connectivity index (χ4v) is 5.25. The quantitative estimate of drug-likeness (QED) is 0.395. The Morgan fingerprint density at radius 1 is 0.462 bits per heavy atom. The summed E-state index contributed by atoms with van der Waals surface area (Å²) in [5.74, 6) is 1.46. The first-order valence-electron chi connectivity index (χ1n) is 9.64. The Morgan fingerprint density at radius 3 is 0.808 bits per heavy atom. The second-order valence-corrected chi connectivity index (χ2v) is 10.9. The molecule has 0 unspecified atom stereocenters. The second kappa shape index (κ2) is 7.95. The summed E-state index contributed by atoms with van der Waals surface area (Å²) in [6.07, 6.45) is 5.54. The monoisotopic (exact) mass is 458 g/mol. The van der Waals surface area contributed by atoms with E-state index in [1.807, 2.05) is 0 Å². The average Bonchev–Trinajstić information content (AvgIpc) is 2.89. The fraction of sp³-hybridized carbons (Fsp3) is 1.00. The van der Waals surface area contributed by atoms with Crippen LogP contribution in [-0.2, 0) is 34.1 Å². The van der Waals surface area contributed by atoms with Gasteiger partial charge >= 0.3 is 34.1 Å². The molecule has 4 fully saturated rings. The van der Waals surface area contributed by atoms with Crippen molar-refractivity contribution in [1.29, 1.82) is 0 Å². The van der Waals surface area contributed by atoms with Gasteiger partial charge < -0.3 is 21.3 Å². The van der Waals surface area contributed by atoms with Gasteiger partial charge in [-0.3, -0.25) is 0 Å². The van der Waals surface area contributed by atoms with Crippen LogP contribution in [0.25, 0.3) is 21.3 Å². The van der Waals surface area contributed by atoms with Crippen molar-refractivity contribution >= 4 is 0 Å². The SMILES string of the molecule is CC1(C)CC2CC(C)(C)[N-]C2[N-]1.CC1(C)CC2CC(C)(C)[N-]C2[N-]1.[Cu+2].[Cu+2]. The van der Waals surface area contributed by atoms with Gasteiger partial charge in [0.15, 0.2) is 0 Å². The van der Waals surface area contributed by atoms with Crippen molar-refractivity contribution in [2.24, 2.45) is 11.8 Å². The number of fused-ring (bicyclic) bond motifs is 2. The largest absolute Gasteiger partial charge is 2.00 e. The molecule has 0 aliphatic carbocycles. The molecule has 2 radical (unpaired) electrons. The van der Waals surface area contributed by atoms with Gasteiger partial charge in [-0.25, -0.2) is 12.3 Å². The van der Waals surface area contributed by atoms with E-state index in [0.29, 0.717) is 12.3 Å². The molecule has 0 amide bonds. The van der Waals surface area contributed by atoms with Crippen molar-refractivity contribution in [3.8, 4) is 0 Å². The van der Waals surface area contributed by atoms with Gasteiger partial charge in [-0.15, -0.1) is 22.2 Å². The molecular weight excluding hydrogens is 423 g/mol. The minimum absolute atomic E-state index is 0. The van der Waals surface area contributed by atoms with E-state index in [1.165, 1.54) is 25.7 Å². The zero-order valence-electron chi connectivity index (χ0n) is 17.5. The van der Waals surface area contributed by atoms with E-state index in [2.05, 4.69) is 55.4 Å². The number of nitrogens with zero attached hydrogens (tertiary/aromatic N) is 4. The minimum Gasteiger partial charge on any atom is -0.673 e. The predicted molar refractivity (Wildman–Crippen MR) is 103 cm³/mol. The normalized spacial score (nSPS) is 39.7. The summed E-state index contributed by atoms with van der Waals surface area (Å²) in [5, 5.41) is 18.8. The van der Waals surface area contributed by atoms with Gasteiger partial charge in [0.1, 0.15) is 0 Å². The molecular formula is C20H36Cu2N4.